The zero-order chi connectivity index (χ0) is 14.7. The number of alkyl halides is 3. The highest BCUT2D eigenvalue weighted by atomic mass is 32.2. The molecule has 1 rings (SSSR count). The summed E-state index contributed by atoms with van der Waals surface area (Å²) < 4.78 is 66.1. The van der Waals surface area contributed by atoms with E-state index in [0.29, 0.717) is 12.8 Å². The van der Waals surface area contributed by atoms with Crippen molar-refractivity contribution in [1.82, 2.24) is 9.03 Å². The predicted molar refractivity (Wildman–Crippen MR) is 59.3 cm³/mol. The van der Waals surface area contributed by atoms with Crippen LogP contribution in [-0.2, 0) is 19.7 Å². The minimum absolute atomic E-state index is 0.0840. The van der Waals surface area contributed by atoms with Gasteiger partial charge in [-0.3, -0.25) is 4.79 Å². The van der Waals surface area contributed by atoms with E-state index in [2.05, 4.69) is 4.74 Å². The number of methoxy groups -OCH3 is 1. The predicted octanol–water partition coefficient (Wildman–Crippen LogP) is 0.268. The number of hydrogen-bond donors (Lipinski definition) is 1. The molecular weight excluding hydrogens is 289 g/mol. The Balaban J connectivity index is 2.65. The van der Waals surface area contributed by atoms with Gasteiger partial charge >= 0.3 is 12.1 Å². The molecule has 112 valence electrons. The van der Waals surface area contributed by atoms with Crippen molar-refractivity contribution in [1.29, 1.82) is 0 Å². The number of carbonyl (C=O) groups is 1. The maximum atomic E-state index is 12.0. The van der Waals surface area contributed by atoms with Crippen LogP contribution in [0.25, 0.3) is 0 Å². The molecule has 1 N–H and O–H groups in total. The Morgan fingerprint density at radius 2 is 2.11 bits per heavy atom. The Kier molecular flexibility index (Phi) is 5.16. The highest BCUT2D eigenvalue weighted by molar-refractivity contribution is 7.87. The minimum atomic E-state index is -4.62. The van der Waals surface area contributed by atoms with Gasteiger partial charge in [-0.1, -0.05) is 0 Å². The lowest BCUT2D eigenvalue weighted by atomic mass is 10.0. The number of nitrogens with zero attached hydrogens (tertiary/aromatic N) is 1. The lowest BCUT2D eigenvalue weighted by Gasteiger charge is -2.30. The van der Waals surface area contributed by atoms with Gasteiger partial charge in [-0.15, -0.1) is 0 Å². The summed E-state index contributed by atoms with van der Waals surface area (Å²) in [6.45, 7) is -1.71. The van der Waals surface area contributed by atoms with Gasteiger partial charge in [-0.25, -0.2) is 0 Å². The summed E-state index contributed by atoms with van der Waals surface area (Å²) in [6, 6.07) is 0. The number of esters is 1. The van der Waals surface area contributed by atoms with E-state index in [-0.39, 0.29) is 13.1 Å². The zero-order valence-corrected chi connectivity index (χ0v) is 11.1. The van der Waals surface area contributed by atoms with E-state index in [1.54, 1.807) is 0 Å². The van der Waals surface area contributed by atoms with Crippen LogP contribution in [0.4, 0.5) is 13.2 Å². The monoisotopic (exact) mass is 304 g/mol. The third kappa shape index (κ3) is 4.96. The SMILES string of the molecule is COC(=O)C1CCCN(S(=O)(=O)NCC(F)(F)F)C1. The average molecular weight is 304 g/mol. The number of hydrogen-bond acceptors (Lipinski definition) is 4. The molecule has 0 aromatic rings. The highest BCUT2D eigenvalue weighted by Gasteiger charge is 2.35. The molecule has 1 saturated heterocycles. The molecule has 0 amide bonds. The first kappa shape index (κ1) is 16.2. The molecule has 1 unspecified atom stereocenters. The first-order chi connectivity index (χ1) is 8.65. The fourth-order valence-electron chi connectivity index (χ4n) is 1.78. The van der Waals surface area contributed by atoms with E-state index in [0.717, 1.165) is 4.31 Å². The molecule has 0 aromatic carbocycles. The lowest BCUT2D eigenvalue weighted by Crippen LogP contribution is -2.49. The standard InChI is InChI=1S/C9H15F3N2O4S/c1-18-8(15)7-3-2-4-14(5-7)19(16,17)13-6-9(10,11)12/h7,13H,2-6H2,1H3. The van der Waals surface area contributed by atoms with Gasteiger partial charge in [0.25, 0.3) is 10.2 Å². The van der Waals surface area contributed by atoms with Gasteiger partial charge in [0.15, 0.2) is 0 Å². The van der Waals surface area contributed by atoms with Crippen LogP contribution in [-0.4, -0.2) is 51.6 Å². The Morgan fingerprint density at radius 3 is 2.63 bits per heavy atom. The number of nitrogens with one attached hydrogen (secondary N) is 1. The molecular formula is C9H15F3N2O4S. The first-order valence-electron chi connectivity index (χ1n) is 5.55. The molecule has 1 aliphatic heterocycles. The van der Waals surface area contributed by atoms with Gasteiger partial charge in [0.05, 0.1) is 13.0 Å². The molecule has 1 atom stereocenters. The molecule has 0 spiro atoms. The quantitative estimate of drug-likeness (QED) is 0.756. The summed E-state index contributed by atoms with van der Waals surface area (Å²) >= 11 is 0. The topological polar surface area (TPSA) is 75.7 Å². The maximum absolute atomic E-state index is 12.0. The zero-order valence-electron chi connectivity index (χ0n) is 10.2. The van der Waals surface area contributed by atoms with Crippen LogP contribution in [0.5, 0.6) is 0 Å². The number of rotatable bonds is 4. The maximum Gasteiger partial charge on any atom is 0.402 e. The van der Waals surface area contributed by atoms with Crippen LogP contribution in [0, 0.1) is 5.92 Å². The third-order valence-corrected chi connectivity index (χ3v) is 4.23. The Bertz CT molecular complexity index is 424. The van der Waals surface area contributed by atoms with E-state index >= 15 is 0 Å². The van der Waals surface area contributed by atoms with Crippen LogP contribution in [0.2, 0.25) is 0 Å². The van der Waals surface area contributed by atoms with Crippen LogP contribution in [0.1, 0.15) is 12.8 Å². The normalized spacial score (nSPS) is 22.2. The second-order valence-corrected chi connectivity index (χ2v) is 5.92. The van der Waals surface area contributed by atoms with Crippen molar-refractivity contribution in [2.45, 2.75) is 19.0 Å². The van der Waals surface area contributed by atoms with Crippen molar-refractivity contribution in [2.75, 3.05) is 26.7 Å². The van der Waals surface area contributed by atoms with Gasteiger partial charge < -0.3 is 4.74 Å². The van der Waals surface area contributed by atoms with Crippen LogP contribution in [0.15, 0.2) is 0 Å². The molecule has 0 aliphatic carbocycles. The molecule has 1 heterocycles. The summed E-state index contributed by atoms with van der Waals surface area (Å²) in [7, 11) is -3.06. The van der Waals surface area contributed by atoms with Crippen molar-refractivity contribution >= 4 is 16.2 Å². The minimum Gasteiger partial charge on any atom is -0.469 e. The van der Waals surface area contributed by atoms with Gasteiger partial charge in [0.2, 0.25) is 0 Å². The van der Waals surface area contributed by atoms with E-state index in [1.165, 1.54) is 11.8 Å². The Labute approximate surface area is 109 Å². The lowest BCUT2D eigenvalue weighted by molar-refractivity contribution is -0.146. The summed E-state index contributed by atoms with van der Waals surface area (Å²) in [5.41, 5.74) is 0. The van der Waals surface area contributed by atoms with Gasteiger partial charge in [0.1, 0.15) is 6.54 Å². The second-order valence-electron chi connectivity index (χ2n) is 4.16. The molecule has 6 nitrogen and oxygen atoms in total. The molecule has 1 fully saturated rings. The molecule has 1 aliphatic rings. The largest absolute Gasteiger partial charge is 0.469 e. The van der Waals surface area contributed by atoms with Crippen molar-refractivity contribution in [3.63, 3.8) is 0 Å². The van der Waals surface area contributed by atoms with E-state index in [9.17, 15) is 26.4 Å². The van der Waals surface area contributed by atoms with Crippen LogP contribution in [0.3, 0.4) is 0 Å². The number of piperidine rings is 1. The van der Waals surface area contributed by atoms with Gasteiger partial charge in [-0.2, -0.15) is 30.6 Å². The van der Waals surface area contributed by atoms with Crippen LogP contribution >= 0.6 is 0 Å². The number of halogens is 3. The van der Waals surface area contributed by atoms with Gasteiger partial charge in [-0.05, 0) is 12.8 Å². The molecule has 0 aromatic heterocycles. The summed E-state index contributed by atoms with van der Waals surface area (Å²) in [5.74, 6) is -1.20. The average Bonchev–Trinajstić information content (AvgIpc) is 2.35. The van der Waals surface area contributed by atoms with Gasteiger partial charge in [0, 0.05) is 13.1 Å². The first-order valence-corrected chi connectivity index (χ1v) is 6.99. The molecule has 0 radical (unpaired) electrons. The Morgan fingerprint density at radius 1 is 1.47 bits per heavy atom. The molecule has 0 saturated carbocycles. The van der Waals surface area contributed by atoms with Crippen molar-refractivity contribution in [2.24, 2.45) is 5.92 Å². The summed E-state index contributed by atoms with van der Waals surface area (Å²) in [4.78, 5) is 11.3. The van der Waals surface area contributed by atoms with E-state index in [1.807, 2.05) is 0 Å². The Hall–Kier alpha value is -0.870. The smallest absolute Gasteiger partial charge is 0.402 e. The fraction of sp³-hybridized carbons (Fsp3) is 0.889. The molecule has 10 heteroatoms. The number of carbonyl (C=O) groups excluding carboxylic acids is 1. The fourth-order valence-corrected chi connectivity index (χ4v) is 3.06. The van der Waals surface area contributed by atoms with Crippen molar-refractivity contribution in [3.8, 4) is 0 Å². The summed E-state index contributed by atoms with van der Waals surface area (Å²) in [6.07, 6.45) is -3.77. The highest BCUT2D eigenvalue weighted by Crippen LogP contribution is 2.20. The summed E-state index contributed by atoms with van der Waals surface area (Å²) in [5, 5.41) is 0. The number of ether oxygens (including phenoxy) is 1. The van der Waals surface area contributed by atoms with E-state index in [4.69, 9.17) is 0 Å². The third-order valence-electron chi connectivity index (χ3n) is 2.71. The van der Waals surface area contributed by atoms with E-state index < -0.39 is 34.8 Å². The van der Waals surface area contributed by atoms with Crippen molar-refractivity contribution in [3.05, 3.63) is 0 Å². The van der Waals surface area contributed by atoms with Crippen molar-refractivity contribution < 1.29 is 31.1 Å². The molecule has 19 heavy (non-hydrogen) atoms. The second kappa shape index (κ2) is 6.06. The van der Waals surface area contributed by atoms with Crippen LogP contribution < -0.4 is 4.72 Å². The molecule has 0 bridgehead atoms.